The molecule has 0 spiro atoms. The van der Waals surface area contributed by atoms with Gasteiger partial charge >= 0.3 is 6.18 Å². The van der Waals surface area contributed by atoms with Crippen molar-refractivity contribution in [2.24, 2.45) is 0 Å². The second kappa shape index (κ2) is 4.56. The Morgan fingerprint density at radius 1 is 1.18 bits per heavy atom. The highest BCUT2D eigenvalue weighted by Crippen LogP contribution is 2.35. The lowest BCUT2D eigenvalue weighted by Crippen LogP contribution is -2.16. The van der Waals surface area contributed by atoms with E-state index in [1.165, 1.54) is 6.07 Å². The minimum absolute atomic E-state index is 0.214. The minimum atomic E-state index is -4.33. The van der Waals surface area contributed by atoms with E-state index in [1.807, 2.05) is 0 Å². The number of rotatable bonds is 1. The molecular formula is C12H14F3NO. The van der Waals surface area contributed by atoms with Crippen LogP contribution in [0.4, 0.5) is 18.9 Å². The Hall–Kier alpha value is -1.23. The lowest BCUT2D eigenvalue weighted by Gasteiger charge is -2.24. The molecular weight excluding hydrogens is 231 g/mol. The van der Waals surface area contributed by atoms with Crippen LogP contribution in [0, 0.1) is 0 Å². The normalized spacial score (nSPS) is 18.3. The van der Waals surface area contributed by atoms with Crippen LogP contribution in [-0.4, -0.2) is 13.2 Å². The van der Waals surface area contributed by atoms with Crippen molar-refractivity contribution in [1.82, 2.24) is 0 Å². The summed E-state index contributed by atoms with van der Waals surface area (Å²) in [6.45, 7) is 1.29. The van der Waals surface area contributed by atoms with E-state index < -0.39 is 11.7 Å². The molecule has 1 aliphatic rings. The Morgan fingerprint density at radius 3 is 2.35 bits per heavy atom. The molecule has 17 heavy (non-hydrogen) atoms. The summed E-state index contributed by atoms with van der Waals surface area (Å²) in [5.74, 6) is 0.214. The van der Waals surface area contributed by atoms with Crippen LogP contribution < -0.4 is 5.73 Å². The molecule has 0 unspecified atom stereocenters. The molecule has 1 fully saturated rings. The van der Waals surface area contributed by atoms with Crippen LogP contribution in [0.1, 0.15) is 29.9 Å². The van der Waals surface area contributed by atoms with Gasteiger partial charge in [-0.05, 0) is 36.5 Å². The first-order valence-electron chi connectivity index (χ1n) is 5.53. The molecule has 1 aromatic carbocycles. The van der Waals surface area contributed by atoms with Crippen molar-refractivity contribution in [3.8, 4) is 0 Å². The predicted octanol–water partition coefficient (Wildman–Crippen LogP) is 3.18. The Balaban J connectivity index is 2.25. The van der Waals surface area contributed by atoms with E-state index in [0.717, 1.165) is 30.5 Å². The van der Waals surface area contributed by atoms with Gasteiger partial charge in [-0.15, -0.1) is 0 Å². The van der Waals surface area contributed by atoms with Crippen molar-refractivity contribution in [2.75, 3.05) is 18.9 Å². The number of benzene rings is 1. The van der Waals surface area contributed by atoms with Gasteiger partial charge in [0.1, 0.15) is 0 Å². The SMILES string of the molecule is Nc1cc(C(F)(F)F)ccc1C1CCOCC1. The molecule has 0 aromatic heterocycles. The lowest BCUT2D eigenvalue weighted by molar-refractivity contribution is -0.137. The Bertz CT molecular complexity index is 397. The highest BCUT2D eigenvalue weighted by Gasteiger charge is 2.31. The van der Waals surface area contributed by atoms with E-state index in [4.69, 9.17) is 10.5 Å². The molecule has 0 amide bonds. The topological polar surface area (TPSA) is 35.2 Å². The van der Waals surface area contributed by atoms with Gasteiger partial charge in [0, 0.05) is 18.9 Å². The molecule has 1 saturated heterocycles. The summed E-state index contributed by atoms with van der Waals surface area (Å²) < 4.78 is 42.6. The highest BCUT2D eigenvalue weighted by molar-refractivity contribution is 5.51. The van der Waals surface area contributed by atoms with Crippen molar-refractivity contribution < 1.29 is 17.9 Å². The zero-order valence-electron chi connectivity index (χ0n) is 9.26. The van der Waals surface area contributed by atoms with Gasteiger partial charge in [0.2, 0.25) is 0 Å². The van der Waals surface area contributed by atoms with E-state index >= 15 is 0 Å². The average Bonchev–Trinajstić information content (AvgIpc) is 2.29. The third kappa shape index (κ3) is 2.72. The van der Waals surface area contributed by atoms with E-state index in [2.05, 4.69) is 0 Å². The van der Waals surface area contributed by atoms with Crippen LogP contribution in [0.2, 0.25) is 0 Å². The first-order valence-corrected chi connectivity index (χ1v) is 5.53. The third-order valence-electron chi connectivity index (χ3n) is 3.08. The molecule has 0 aliphatic carbocycles. The van der Waals surface area contributed by atoms with Gasteiger partial charge in [0.15, 0.2) is 0 Å². The number of nitrogen functional groups attached to an aromatic ring is 1. The fourth-order valence-corrected chi connectivity index (χ4v) is 2.13. The lowest BCUT2D eigenvalue weighted by atomic mass is 9.90. The number of hydrogen-bond acceptors (Lipinski definition) is 2. The van der Waals surface area contributed by atoms with Gasteiger partial charge in [-0.3, -0.25) is 0 Å². The van der Waals surface area contributed by atoms with Gasteiger partial charge in [0.05, 0.1) is 5.56 Å². The van der Waals surface area contributed by atoms with Crippen LogP contribution in [-0.2, 0) is 10.9 Å². The quantitative estimate of drug-likeness (QED) is 0.771. The standard InChI is InChI=1S/C12H14F3NO/c13-12(14,15)9-1-2-10(11(16)7-9)8-3-5-17-6-4-8/h1-2,7-8H,3-6,16H2. The maximum atomic E-state index is 12.5. The van der Waals surface area contributed by atoms with Crippen LogP contribution in [0.15, 0.2) is 18.2 Å². The molecule has 1 heterocycles. The summed E-state index contributed by atoms with van der Waals surface area (Å²) in [6, 6.07) is 3.61. The smallest absolute Gasteiger partial charge is 0.398 e. The zero-order valence-corrected chi connectivity index (χ0v) is 9.26. The van der Waals surface area contributed by atoms with E-state index in [1.54, 1.807) is 0 Å². The molecule has 2 rings (SSSR count). The fraction of sp³-hybridized carbons (Fsp3) is 0.500. The summed E-state index contributed by atoms with van der Waals surface area (Å²) in [6.07, 6.45) is -2.70. The average molecular weight is 245 g/mol. The van der Waals surface area contributed by atoms with E-state index in [9.17, 15) is 13.2 Å². The van der Waals surface area contributed by atoms with Gasteiger partial charge in [-0.1, -0.05) is 6.07 Å². The van der Waals surface area contributed by atoms with Gasteiger partial charge in [-0.25, -0.2) is 0 Å². The number of ether oxygens (including phenoxy) is 1. The van der Waals surface area contributed by atoms with Crippen molar-refractivity contribution in [3.63, 3.8) is 0 Å². The number of hydrogen-bond donors (Lipinski definition) is 1. The largest absolute Gasteiger partial charge is 0.416 e. The molecule has 1 aliphatic heterocycles. The molecule has 94 valence electrons. The molecule has 0 atom stereocenters. The summed E-state index contributed by atoms with van der Waals surface area (Å²) in [4.78, 5) is 0. The van der Waals surface area contributed by atoms with E-state index in [-0.39, 0.29) is 11.6 Å². The molecule has 5 heteroatoms. The summed E-state index contributed by atoms with van der Waals surface area (Å²) in [5, 5.41) is 0. The maximum Gasteiger partial charge on any atom is 0.416 e. The number of nitrogens with two attached hydrogens (primary N) is 1. The minimum Gasteiger partial charge on any atom is -0.398 e. The molecule has 0 saturated carbocycles. The third-order valence-corrected chi connectivity index (χ3v) is 3.08. The summed E-state index contributed by atoms with van der Waals surface area (Å²) >= 11 is 0. The van der Waals surface area contributed by atoms with Crippen LogP contribution in [0.5, 0.6) is 0 Å². The molecule has 0 radical (unpaired) electrons. The summed E-state index contributed by atoms with van der Waals surface area (Å²) in [5.41, 5.74) is 6.05. The zero-order chi connectivity index (χ0) is 12.5. The molecule has 2 nitrogen and oxygen atoms in total. The van der Waals surface area contributed by atoms with Gasteiger partial charge < -0.3 is 10.5 Å². The Labute approximate surface area is 97.6 Å². The number of alkyl halides is 3. The molecule has 1 aromatic rings. The van der Waals surface area contributed by atoms with Crippen LogP contribution in [0.3, 0.4) is 0 Å². The predicted molar refractivity (Wildman–Crippen MR) is 58.7 cm³/mol. The van der Waals surface area contributed by atoms with Crippen molar-refractivity contribution in [1.29, 1.82) is 0 Å². The summed E-state index contributed by atoms with van der Waals surface area (Å²) in [7, 11) is 0. The van der Waals surface area contributed by atoms with Crippen molar-refractivity contribution in [2.45, 2.75) is 24.9 Å². The second-order valence-electron chi connectivity index (χ2n) is 4.23. The maximum absolute atomic E-state index is 12.5. The van der Waals surface area contributed by atoms with Crippen LogP contribution >= 0.6 is 0 Å². The first kappa shape index (κ1) is 12.2. The fourth-order valence-electron chi connectivity index (χ4n) is 2.13. The monoisotopic (exact) mass is 245 g/mol. The second-order valence-corrected chi connectivity index (χ2v) is 4.23. The number of anilines is 1. The van der Waals surface area contributed by atoms with Crippen molar-refractivity contribution >= 4 is 5.69 Å². The highest BCUT2D eigenvalue weighted by atomic mass is 19.4. The van der Waals surface area contributed by atoms with Crippen molar-refractivity contribution in [3.05, 3.63) is 29.3 Å². The van der Waals surface area contributed by atoms with E-state index in [0.29, 0.717) is 13.2 Å². The van der Waals surface area contributed by atoms with Gasteiger partial charge in [0.25, 0.3) is 0 Å². The van der Waals surface area contributed by atoms with Gasteiger partial charge in [-0.2, -0.15) is 13.2 Å². The Morgan fingerprint density at radius 2 is 1.82 bits per heavy atom. The molecule has 2 N–H and O–H groups in total. The van der Waals surface area contributed by atoms with Crippen LogP contribution in [0.25, 0.3) is 0 Å². The molecule has 0 bridgehead atoms. The Kier molecular flexibility index (Phi) is 3.28. The first-order chi connectivity index (χ1) is 7.98. The number of halogens is 3.